The van der Waals surface area contributed by atoms with E-state index in [1.54, 1.807) is 7.11 Å². The predicted molar refractivity (Wildman–Crippen MR) is 119 cm³/mol. The van der Waals surface area contributed by atoms with Gasteiger partial charge in [-0.3, -0.25) is 9.69 Å². The molecule has 0 bridgehead atoms. The number of piperazine rings is 1. The predicted octanol–water partition coefficient (Wildman–Crippen LogP) is 2.91. The average molecular weight is 397 g/mol. The van der Waals surface area contributed by atoms with Crippen LogP contribution in [0.1, 0.15) is 12.5 Å². The van der Waals surface area contributed by atoms with Crippen molar-refractivity contribution in [1.82, 2.24) is 9.80 Å². The highest BCUT2D eigenvalue weighted by Crippen LogP contribution is 2.20. The molecule has 3 rings (SSSR count). The summed E-state index contributed by atoms with van der Waals surface area (Å²) in [5, 5.41) is 3.00. The highest BCUT2D eigenvalue weighted by molar-refractivity contribution is 5.92. The Morgan fingerprint density at radius 3 is 2.48 bits per heavy atom. The number of amides is 1. The summed E-state index contributed by atoms with van der Waals surface area (Å²) in [7, 11) is 3.60. The van der Waals surface area contributed by atoms with E-state index in [4.69, 9.17) is 4.74 Å². The normalized spacial score (nSPS) is 14.8. The van der Waals surface area contributed by atoms with E-state index >= 15 is 0 Å². The van der Waals surface area contributed by atoms with E-state index in [-0.39, 0.29) is 5.91 Å². The maximum absolute atomic E-state index is 12.4. The van der Waals surface area contributed by atoms with Crippen LogP contribution in [-0.2, 0) is 11.3 Å². The maximum Gasteiger partial charge on any atom is 0.238 e. The summed E-state index contributed by atoms with van der Waals surface area (Å²) in [6.45, 7) is 8.66. The van der Waals surface area contributed by atoms with Crippen molar-refractivity contribution in [2.75, 3.05) is 63.6 Å². The minimum absolute atomic E-state index is 0.0142. The van der Waals surface area contributed by atoms with Gasteiger partial charge in [-0.05, 0) is 55.6 Å². The Morgan fingerprint density at radius 1 is 1.10 bits per heavy atom. The van der Waals surface area contributed by atoms with Crippen molar-refractivity contribution in [3.8, 4) is 5.75 Å². The van der Waals surface area contributed by atoms with E-state index in [0.717, 1.165) is 49.7 Å². The number of anilines is 2. The van der Waals surface area contributed by atoms with E-state index in [2.05, 4.69) is 34.2 Å². The molecule has 1 N–H and O–H groups in total. The number of rotatable bonds is 8. The number of ether oxygens (including phenoxy) is 1. The number of nitrogens with one attached hydrogen (secondary N) is 1. The average Bonchev–Trinajstić information content (AvgIpc) is 2.74. The molecule has 2 aromatic rings. The first kappa shape index (κ1) is 21.1. The molecule has 156 valence electrons. The van der Waals surface area contributed by atoms with Crippen LogP contribution in [0, 0.1) is 0 Å². The molecule has 6 heteroatoms. The maximum atomic E-state index is 12.4. The molecule has 1 aliphatic rings. The number of benzene rings is 2. The molecule has 0 spiro atoms. The second kappa shape index (κ2) is 10.3. The molecular formula is C23H32N4O2. The summed E-state index contributed by atoms with van der Waals surface area (Å²) in [4.78, 5) is 19.3. The number of hydrogen-bond donors (Lipinski definition) is 1. The van der Waals surface area contributed by atoms with Gasteiger partial charge in [0, 0.05) is 44.1 Å². The minimum atomic E-state index is -0.0142. The molecule has 1 fully saturated rings. The first-order chi connectivity index (χ1) is 14.1. The van der Waals surface area contributed by atoms with Gasteiger partial charge in [0.05, 0.1) is 13.7 Å². The molecule has 1 aliphatic heterocycles. The fraction of sp³-hybridized carbons (Fsp3) is 0.435. The van der Waals surface area contributed by atoms with Crippen molar-refractivity contribution >= 4 is 17.3 Å². The fourth-order valence-electron chi connectivity index (χ4n) is 3.66. The Kier molecular flexibility index (Phi) is 7.49. The Bertz CT molecular complexity index is 786. The highest BCUT2D eigenvalue weighted by Gasteiger charge is 2.16. The van der Waals surface area contributed by atoms with Gasteiger partial charge in [0.2, 0.25) is 5.91 Å². The zero-order chi connectivity index (χ0) is 20.6. The Hall–Kier alpha value is -2.57. The van der Waals surface area contributed by atoms with Gasteiger partial charge in [-0.15, -0.1) is 0 Å². The summed E-state index contributed by atoms with van der Waals surface area (Å²) >= 11 is 0. The Balaban J connectivity index is 1.47. The lowest BCUT2D eigenvalue weighted by molar-refractivity contribution is -0.117. The zero-order valence-electron chi connectivity index (χ0n) is 17.7. The first-order valence-corrected chi connectivity index (χ1v) is 10.3. The molecule has 29 heavy (non-hydrogen) atoms. The van der Waals surface area contributed by atoms with Crippen LogP contribution in [0.15, 0.2) is 48.5 Å². The zero-order valence-corrected chi connectivity index (χ0v) is 17.7. The van der Waals surface area contributed by atoms with Crippen molar-refractivity contribution < 1.29 is 9.53 Å². The summed E-state index contributed by atoms with van der Waals surface area (Å²) in [5.41, 5.74) is 3.17. The topological polar surface area (TPSA) is 48.0 Å². The molecular weight excluding hydrogens is 364 g/mol. The van der Waals surface area contributed by atoms with Crippen LogP contribution in [-0.4, -0.2) is 69.1 Å². The standard InChI is InChI=1S/C23H32N4O2/c1-4-26-12-14-27(15-13-26)21-10-8-20(9-11-21)24-23(28)18-25(2)17-19-6-5-7-22(16-19)29-3/h5-11,16H,4,12-15,17-18H2,1-3H3,(H,24,28). The number of methoxy groups -OCH3 is 1. The monoisotopic (exact) mass is 396 g/mol. The molecule has 6 nitrogen and oxygen atoms in total. The lowest BCUT2D eigenvalue weighted by Crippen LogP contribution is -2.46. The fourth-order valence-corrected chi connectivity index (χ4v) is 3.66. The lowest BCUT2D eigenvalue weighted by atomic mass is 10.2. The van der Waals surface area contributed by atoms with Gasteiger partial charge in [-0.25, -0.2) is 0 Å². The molecule has 1 amide bonds. The number of carbonyl (C=O) groups excluding carboxylic acids is 1. The first-order valence-electron chi connectivity index (χ1n) is 10.3. The molecule has 1 saturated heterocycles. The van der Waals surface area contributed by atoms with Crippen LogP contribution in [0.2, 0.25) is 0 Å². The molecule has 2 aromatic carbocycles. The largest absolute Gasteiger partial charge is 0.497 e. The highest BCUT2D eigenvalue weighted by atomic mass is 16.5. The third-order valence-corrected chi connectivity index (χ3v) is 5.34. The number of likely N-dealkylation sites (N-methyl/N-ethyl adjacent to an activating group) is 2. The van der Waals surface area contributed by atoms with Crippen LogP contribution in [0.3, 0.4) is 0 Å². The van der Waals surface area contributed by atoms with Gasteiger partial charge in [-0.2, -0.15) is 0 Å². The minimum Gasteiger partial charge on any atom is -0.497 e. The van der Waals surface area contributed by atoms with E-state index in [0.29, 0.717) is 13.1 Å². The van der Waals surface area contributed by atoms with Crippen LogP contribution in [0.5, 0.6) is 5.75 Å². The second-order valence-electron chi connectivity index (χ2n) is 7.54. The van der Waals surface area contributed by atoms with Gasteiger partial charge in [-0.1, -0.05) is 19.1 Å². The van der Waals surface area contributed by atoms with E-state index in [1.165, 1.54) is 5.69 Å². The van der Waals surface area contributed by atoms with Gasteiger partial charge in [0.25, 0.3) is 0 Å². The smallest absolute Gasteiger partial charge is 0.238 e. The van der Waals surface area contributed by atoms with Crippen molar-refractivity contribution in [3.05, 3.63) is 54.1 Å². The lowest BCUT2D eigenvalue weighted by Gasteiger charge is -2.35. The van der Waals surface area contributed by atoms with E-state index in [1.807, 2.05) is 48.3 Å². The van der Waals surface area contributed by atoms with Crippen LogP contribution in [0.25, 0.3) is 0 Å². The number of nitrogens with zero attached hydrogens (tertiary/aromatic N) is 3. The summed E-state index contributed by atoms with van der Waals surface area (Å²) < 4.78 is 5.26. The van der Waals surface area contributed by atoms with Crippen LogP contribution in [0.4, 0.5) is 11.4 Å². The van der Waals surface area contributed by atoms with Crippen LogP contribution >= 0.6 is 0 Å². The SMILES string of the molecule is CCN1CCN(c2ccc(NC(=O)CN(C)Cc3cccc(OC)c3)cc2)CC1. The molecule has 0 saturated carbocycles. The van der Waals surface area contributed by atoms with Gasteiger partial charge >= 0.3 is 0 Å². The molecule has 1 heterocycles. The van der Waals surface area contributed by atoms with Crippen molar-refractivity contribution in [1.29, 1.82) is 0 Å². The molecule has 0 aliphatic carbocycles. The Morgan fingerprint density at radius 2 is 1.83 bits per heavy atom. The quantitative estimate of drug-likeness (QED) is 0.744. The Labute approximate surface area is 174 Å². The second-order valence-corrected chi connectivity index (χ2v) is 7.54. The number of hydrogen-bond acceptors (Lipinski definition) is 5. The van der Waals surface area contributed by atoms with Crippen molar-refractivity contribution in [2.24, 2.45) is 0 Å². The third kappa shape index (κ3) is 6.21. The third-order valence-electron chi connectivity index (χ3n) is 5.34. The van der Waals surface area contributed by atoms with Crippen molar-refractivity contribution in [2.45, 2.75) is 13.5 Å². The summed E-state index contributed by atoms with van der Waals surface area (Å²) in [5.74, 6) is 0.816. The van der Waals surface area contributed by atoms with E-state index < -0.39 is 0 Å². The number of carbonyl (C=O) groups is 1. The molecule has 0 aromatic heterocycles. The van der Waals surface area contributed by atoms with Gasteiger partial charge in [0.15, 0.2) is 0 Å². The molecule has 0 unspecified atom stereocenters. The molecule has 0 radical (unpaired) electrons. The van der Waals surface area contributed by atoms with Gasteiger partial charge < -0.3 is 19.9 Å². The molecule has 0 atom stereocenters. The van der Waals surface area contributed by atoms with Crippen molar-refractivity contribution in [3.63, 3.8) is 0 Å². The van der Waals surface area contributed by atoms with E-state index in [9.17, 15) is 4.79 Å². The van der Waals surface area contributed by atoms with Gasteiger partial charge in [0.1, 0.15) is 5.75 Å². The van der Waals surface area contributed by atoms with Crippen LogP contribution < -0.4 is 15.0 Å². The summed E-state index contributed by atoms with van der Waals surface area (Å²) in [6, 6.07) is 16.1. The summed E-state index contributed by atoms with van der Waals surface area (Å²) in [6.07, 6.45) is 0.